The van der Waals surface area contributed by atoms with Crippen LogP contribution in [0.5, 0.6) is 0 Å². The van der Waals surface area contributed by atoms with E-state index in [2.05, 4.69) is 46.9 Å². The molecule has 2 rings (SSSR count). The van der Waals surface area contributed by atoms with Crippen LogP contribution in [0.2, 0.25) is 0 Å². The lowest BCUT2D eigenvalue weighted by Gasteiger charge is -2.12. The third-order valence-electron chi connectivity index (χ3n) is 2.94. The van der Waals surface area contributed by atoms with Crippen molar-refractivity contribution < 1.29 is 0 Å². The van der Waals surface area contributed by atoms with Gasteiger partial charge in [0.05, 0.1) is 6.33 Å². The molecular formula is C14H19N3. The third-order valence-corrected chi connectivity index (χ3v) is 2.94. The summed E-state index contributed by atoms with van der Waals surface area (Å²) in [7, 11) is 0. The number of rotatable bonds is 5. The fourth-order valence-electron chi connectivity index (χ4n) is 1.99. The Morgan fingerprint density at radius 1 is 1.24 bits per heavy atom. The average molecular weight is 229 g/mol. The molecule has 1 heterocycles. The molecule has 0 radical (unpaired) electrons. The van der Waals surface area contributed by atoms with Gasteiger partial charge in [-0.2, -0.15) is 0 Å². The Morgan fingerprint density at radius 3 is 2.65 bits per heavy atom. The Labute approximate surface area is 103 Å². The summed E-state index contributed by atoms with van der Waals surface area (Å²) < 4.78 is 2.10. The number of nitrogens with one attached hydrogen (secondary N) is 1. The molecule has 1 aromatic carbocycles. The van der Waals surface area contributed by atoms with Crippen molar-refractivity contribution in [1.82, 2.24) is 9.55 Å². The summed E-state index contributed by atoms with van der Waals surface area (Å²) in [5.74, 6) is 0. The first-order valence-electron chi connectivity index (χ1n) is 6.03. The molecule has 0 spiro atoms. The van der Waals surface area contributed by atoms with Gasteiger partial charge >= 0.3 is 0 Å². The number of benzene rings is 1. The van der Waals surface area contributed by atoms with Crippen LogP contribution in [0, 0.1) is 13.8 Å². The van der Waals surface area contributed by atoms with E-state index in [1.807, 2.05) is 18.7 Å². The molecule has 0 bridgehead atoms. The quantitative estimate of drug-likeness (QED) is 0.799. The van der Waals surface area contributed by atoms with Gasteiger partial charge in [0.15, 0.2) is 0 Å². The number of nitrogens with zero attached hydrogens (tertiary/aromatic N) is 2. The molecule has 0 fully saturated rings. The van der Waals surface area contributed by atoms with E-state index in [4.69, 9.17) is 0 Å². The standard InChI is InChI=1S/C14H19N3/c1-12-5-3-6-13(2)14(12)16-7-4-9-17-10-8-15-11-17/h3,5-6,8,10-11,16H,4,7,9H2,1-2H3. The predicted molar refractivity (Wildman–Crippen MR) is 71.2 cm³/mol. The maximum Gasteiger partial charge on any atom is 0.0945 e. The summed E-state index contributed by atoms with van der Waals surface area (Å²) in [4.78, 5) is 4.03. The average Bonchev–Trinajstić information content (AvgIpc) is 2.80. The SMILES string of the molecule is Cc1cccc(C)c1NCCCn1ccnc1. The van der Waals surface area contributed by atoms with Crippen molar-refractivity contribution in [3.8, 4) is 0 Å². The van der Waals surface area contributed by atoms with E-state index < -0.39 is 0 Å². The largest absolute Gasteiger partial charge is 0.385 e. The predicted octanol–water partition coefficient (Wildman–Crippen LogP) is 3.00. The lowest BCUT2D eigenvalue weighted by atomic mass is 10.1. The molecule has 0 saturated carbocycles. The van der Waals surface area contributed by atoms with Crippen LogP contribution in [-0.2, 0) is 6.54 Å². The summed E-state index contributed by atoms with van der Waals surface area (Å²) in [5, 5.41) is 3.51. The van der Waals surface area contributed by atoms with Crippen molar-refractivity contribution in [3.05, 3.63) is 48.0 Å². The van der Waals surface area contributed by atoms with E-state index in [0.717, 1.165) is 19.5 Å². The lowest BCUT2D eigenvalue weighted by molar-refractivity contribution is 0.660. The minimum absolute atomic E-state index is 0.990. The molecule has 0 aliphatic heterocycles. The second-order valence-corrected chi connectivity index (χ2v) is 4.35. The summed E-state index contributed by atoms with van der Waals surface area (Å²) in [6.45, 7) is 6.29. The van der Waals surface area contributed by atoms with E-state index in [0.29, 0.717) is 0 Å². The Hall–Kier alpha value is -1.77. The molecule has 3 heteroatoms. The second-order valence-electron chi connectivity index (χ2n) is 4.35. The smallest absolute Gasteiger partial charge is 0.0945 e. The number of anilines is 1. The summed E-state index contributed by atoms with van der Waals surface area (Å²) in [5.41, 5.74) is 3.90. The first kappa shape index (κ1) is 11.7. The molecular weight excluding hydrogens is 210 g/mol. The fourth-order valence-corrected chi connectivity index (χ4v) is 1.99. The van der Waals surface area contributed by atoms with Crippen LogP contribution < -0.4 is 5.32 Å². The zero-order chi connectivity index (χ0) is 12.1. The van der Waals surface area contributed by atoms with Gasteiger partial charge in [-0.25, -0.2) is 4.98 Å². The molecule has 0 amide bonds. The van der Waals surface area contributed by atoms with Crippen LogP contribution in [0.15, 0.2) is 36.9 Å². The molecule has 1 aromatic heterocycles. The maximum atomic E-state index is 4.03. The van der Waals surface area contributed by atoms with Gasteiger partial charge in [-0.15, -0.1) is 0 Å². The van der Waals surface area contributed by atoms with E-state index in [9.17, 15) is 0 Å². The lowest BCUT2D eigenvalue weighted by Crippen LogP contribution is -2.07. The van der Waals surface area contributed by atoms with Crippen molar-refractivity contribution in [3.63, 3.8) is 0 Å². The van der Waals surface area contributed by atoms with Crippen LogP contribution in [0.4, 0.5) is 5.69 Å². The van der Waals surface area contributed by atoms with Crippen LogP contribution in [0.3, 0.4) is 0 Å². The van der Waals surface area contributed by atoms with Gasteiger partial charge < -0.3 is 9.88 Å². The molecule has 0 unspecified atom stereocenters. The van der Waals surface area contributed by atoms with Crippen LogP contribution in [0.25, 0.3) is 0 Å². The molecule has 0 aliphatic carbocycles. The number of para-hydroxylation sites is 1. The Morgan fingerprint density at radius 2 is 2.00 bits per heavy atom. The van der Waals surface area contributed by atoms with Crippen LogP contribution in [0.1, 0.15) is 17.5 Å². The number of aromatic nitrogens is 2. The normalized spacial score (nSPS) is 10.5. The van der Waals surface area contributed by atoms with Gasteiger partial charge in [0.2, 0.25) is 0 Å². The van der Waals surface area contributed by atoms with Gasteiger partial charge in [-0.1, -0.05) is 18.2 Å². The number of imidazole rings is 1. The van der Waals surface area contributed by atoms with E-state index in [-0.39, 0.29) is 0 Å². The molecule has 3 nitrogen and oxygen atoms in total. The zero-order valence-electron chi connectivity index (χ0n) is 10.5. The summed E-state index contributed by atoms with van der Waals surface area (Å²) in [6, 6.07) is 6.39. The maximum absolute atomic E-state index is 4.03. The number of hydrogen-bond donors (Lipinski definition) is 1. The molecule has 0 aliphatic rings. The molecule has 0 atom stereocenters. The first-order chi connectivity index (χ1) is 8.27. The zero-order valence-corrected chi connectivity index (χ0v) is 10.5. The molecule has 90 valence electrons. The van der Waals surface area contributed by atoms with Gasteiger partial charge in [0.25, 0.3) is 0 Å². The molecule has 0 saturated heterocycles. The van der Waals surface area contributed by atoms with Crippen molar-refractivity contribution >= 4 is 5.69 Å². The summed E-state index contributed by atoms with van der Waals surface area (Å²) >= 11 is 0. The van der Waals surface area contributed by atoms with Gasteiger partial charge in [-0.05, 0) is 31.4 Å². The minimum atomic E-state index is 0.990. The number of hydrogen-bond acceptors (Lipinski definition) is 2. The minimum Gasteiger partial charge on any atom is -0.385 e. The Balaban J connectivity index is 1.82. The highest BCUT2D eigenvalue weighted by Crippen LogP contribution is 2.19. The molecule has 2 aromatic rings. The highest BCUT2D eigenvalue weighted by atomic mass is 15.0. The Bertz CT molecular complexity index is 440. The summed E-state index contributed by atoms with van der Waals surface area (Å²) in [6.07, 6.45) is 6.78. The monoisotopic (exact) mass is 229 g/mol. The molecule has 17 heavy (non-hydrogen) atoms. The van der Waals surface area contributed by atoms with Crippen molar-refractivity contribution in [2.45, 2.75) is 26.8 Å². The topological polar surface area (TPSA) is 29.9 Å². The first-order valence-corrected chi connectivity index (χ1v) is 6.03. The van der Waals surface area contributed by atoms with Crippen LogP contribution in [-0.4, -0.2) is 16.1 Å². The van der Waals surface area contributed by atoms with Gasteiger partial charge in [-0.3, -0.25) is 0 Å². The van der Waals surface area contributed by atoms with Gasteiger partial charge in [0.1, 0.15) is 0 Å². The Kier molecular flexibility index (Phi) is 3.81. The van der Waals surface area contributed by atoms with Crippen molar-refractivity contribution in [2.24, 2.45) is 0 Å². The van der Waals surface area contributed by atoms with E-state index >= 15 is 0 Å². The van der Waals surface area contributed by atoms with Crippen molar-refractivity contribution in [2.75, 3.05) is 11.9 Å². The van der Waals surface area contributed by atoms with Crippen LogP contribution >= 0.6 is 0 Å². The fraction of sp³-hybridized carbons (Fsp3) is 0.357. The van der Waals surface area contributed by atoms with Gasteiger partial charge in [0, 0.05) is 31.2 Å². The van der Waals surface area contributed by atoms with Crippen molar-refractivity contribution in [1.29, 1.82) is 0 Å². The second kappa shape index (κ2) is 5.53. The molecule has 1 N–H and O–H groups in total. The third kappa shape index (κ3) is 3.09. The van der Waals surface area contributed by atoms with E-state index in [1.165, 1.54) is 16.8 Å². The van der Waals surface area contributed by atoms with E-state index in [1.54, 1.807) is 0 Å². The highest BCUT2D eigenvalue weighted by Gasteiger charge is 2.00. The highest BCUT2D eigenvalue weighted by molar-refractivity contribution is 5.56. The number of aryl methyl sites for hydroxylation is 3.